The van der Waals surface area contributed by atoms with Crippen molar-refractivity contribution in [3.05, 3.63) is 215 Å². The van der Waals surface area contributed by atoms with Crippen molar-refractivity contribution in [3.63, 3.8) is 0 Å². The summed E-state index contributed by atoms with van der Waals surface area (Å²) in [5.41, 5.74) is 4.24. The van der Waals surface area contributed by atoms with Crippen LogP contribution in [-0.4, -0.2) is 64.9 Å². The van der Waals surface area contributed by atoms with Gasteiger partial charge in [0.1, 0.15) is 23.3 Å². The van der Waals surface area contributed by atoms with Crippen molar-refractivity contribution >= 4 is 0 Å². The maximum absolute atomic E-state index is 12.1. The van der Waals surface area contributed by atoms with Gasteiger partial charge in [0.2, 0.25) is 0 Å². The molecule has 2 unspecified atom stereocenters. The molecule has 0 aliphatic rings. The van der Waals surface area contributed by atoms with Gasteiger partial charge in [-0.15, -0.1) is 0 Å². The van der Waals surface area contributed by atoms with E-state index in [9.17, 15) is 10.2 Å². The second kappa shape index (κ2) is 23.5. The molecule has 7 heteroatoms. The molecule has 6 rings (SSSR count). The van der Waals surface area contributed by atoms with Crippen LogP contribution in [0.4, 0.5) is 0 Å². The van der Waals surface area contributed by atoms with Crippen molar-refractivity contribution in [2.45, 2.75) is 63.8 Å². The van der Waals surface area contributed by atoms with E-state index in [2.05, 4.69) is 102 Å². The first kappa shape index (κ1) is 50.8. The van der Waals surface area contributed by atoms with Gasteiger partial charge in [-0.25, -0.2) is 0 Å². The van der Waals surface area contributed by atoms with Crippen LogP contribution in [0.25, 0.3) is 0 Å². The first-order valence-electron chi connectivity index (χ1n) is 20.5. The van der Waals surface area contributed by atoms with Crippen molar-refractivity contribution in [1.82, 2.24) is 0 Å². The Labute approximate surface area is 367 Å². The summed E-state index contributed by atoms with van der Waals surface area (Å²) in [6.07, 6.45) is 1.26. The van der Waals surface area contributed by atoms with Gasteiger partial charge in [-0.1, -0.05) is 182 Å². The van der Waals surface area contributed by atoms with Gasteiger partial charge < -0.3 is 49.5 Å². The van der Waals surface area contributed by atoms with E-state index in [0.29, 0.717) is 12.8 Å². The number of aliphatic hydroxyl groups is 2. The van der Waals surface area contributed by atoms with Crippen LogP contribution >= 0.6 is 0 Å². The van der Waals surface area contributed by atoms with Gasteiger partial charge in [0.15, 0.2) is 0 Å². The van der Waals surface area contributed by atoms with Gasteiger partial charge in [-0.05, 0) is 49.9 Å². The van der Waals surface area contributed by atoms with Crippen molar-refractivity contribution in [2.24, 2.45) is 0 Å². The molecule has 0 aliphatic carbocycles. The van der Waals surface area contributed by atoms with E-state index in [1.54, 1.807) is 0 Å². The molecule has 5 nitrogen and oxygen atoms in total. The fourth-order valence-corrected chi connectivity index (χ4v) is 8.30. The van der Waals surface area contributed by atoms with Crippen LogP contribution in [0.2, 0.25) is 0 Å². The molecule has 6 aromatic rings. The van der Waals surface area contributed by atoms with E-state index in [0.717, 1.165) is 57.4 Å². The predicted molar refractivity (Wildman–Crippen MR) is 238 cm³/mol. The Bertz CT molecular complexity index is 1770. The average Bonchev–Trinajstić information content (AvgIpc) is 3.28. The molecule has 0 aliphatic heterocycles. The molecule has 0 radical (unpaired) electrons. The normalized spacial score (nSPS) is 12.6. The number of hydrogen-bond donors (Lipinski definition) is 2. The molecule has 4 N–H and O–H groups in total. The number of hydrogen-bond acceptors (Lipinski definition) is 2. The lowest BCUT2D eigenvalue weighted by Crippen LogP contribution is -3.00. The minimum atomic E-state index is -1.05. The highest BCUT2D eigenvalue weighted by Crippen LogP contribution is 2.44. The molecule has 0 spiro atoms. The Hall–Kier alpha value is -4.30. The molecule has 316 valence electrons. The zero-order chi connectivity index (χ0) is 40.1. The second-order valence-electron chi connectivity index (χ2n) is 15.7. The third-order valence-electron chi connectivity index (χ3n) is 12.7. The molecule has 0 bridgehead atoms. The van der Waals surface area contributed by atoms with Crippen LogP contribution in [0.15, 0.2) is 182 Å². The zero-order valence-corrected chi connectivity index (χ0v) is 37.3. The summed E-state index contributed by atoms with van der Waals surface area (Å²) in [7, 11) is 4.60. The number of rotatable bonds is 16. The molecule has 0 aromatic heterocycles. The van der Waals surface area contributed by atoms with Crippen LogP contribution in [0.3, 0.4) is 0 Å². The summed E-state index contributed by atoms with van der Waals surface area (Å²) < 4.78 is 1.76. The molecule has 0 fully saturated rings. The standard InChI is InChI=1S/2C26H32NO.2ClH.H2O/c2*1-4-27(3,5-2)25(22-15-9-6-10-16-22)21-26(28,23-17-11-7-12-18-23)24-19-13-8-14-20-24;;;/h2*6-20,25,28H,4-5,21H2,1-3H3;2*1H;1H2/q2*+1;;;/p-2. The minimum absolute atomic E-state index is 0. The summed E-state index contributed by atoms with van der Waals surface area (Å²) in [5, 5.41) is 24.3. The highest BCUT2D eigenvalue weighted by atomic mass is 35.5. The van der Waals surface area contributed by atoms with Gasteiger partial charge in [-0.2, -0.15) is 0 Å². The number of benzene rings is 6. The molecule has 59 heavy (non-hydrogen) atoms. The highest BCUT2D eigenvalue weighted by Gasteiger charge is 2.43. The van der Waals surface area contributed by atoms with Crippen molar-refractivity contribution < 1.29 is 49.5 Å². The third-order valence-corrected chi connectivity index (χ3v) is 12.7. The average molecular weight is 838 g/mol. The SMILES string of the molecule is CC[N+](C)(CC)C(CC(O)(c1ccccc1)c1ccccc1)c1ccccc1.CC[N+](C)(CC)C(CC(O)(c1ccccc1)c1ccccc1)c1ccccc1.O.[Cl-].[Cl-]. The quantitative estimate of drug-likeness (QED) is 0.143. The first-order chi connectivity index (χ1) is 27.1. The summed E-state index contributed by atoms with van der Waals surface area (Å²) in [6.45, 7) is 13.0. The lowest BCUT2D eigenvalue weighted by molar-refractivity contribution is -0.937. The van der Waals surface area contributed by atoms with E-state index in [1.165, 1.54) is 11.1 Å². The van der Waals surface area contributed by atoms with Crippen LogP contribution in [0.5, 0.6) is 0 Å². The Morgan fingerprint density at radius 2 is 0.559 bits per heavy atom. The van der Waals surface area contributed by atoms with Crippen molar-refractivity contribution in [1.29, 1.82) is 0 Å². The first-order valence-corrected chi connectivity index (χ1v) is 20.5. The molecule has 6 aromatic carbocycles. The maximum Gasteiger partial charge on any atom is 0.121 e. The van der Waals surface area contributed by atoms with E-state index < -0.39 is 11.2 Å². The topological polar surface area (TPSA) is 72.0 Å². The lowest BCUT2D eigenvalue weighted by Gasteiger charge is -2.44. The van der Waals surface area contributed by atoms with Crippen LogP contribution in [0.1, 0.15) is 86.0 Å². The minimum Gasteiger partial charge on any atom is -1.00 e. The fourth-order valence-electron chi connectivity index (χ4n) is 8.30. The van der Waals surface area contributed by atoms with E-state index in [1.807, 2.05) is 121 Å². The van der Waals surface area contributed by atoms with Crippen LogP contribution in [0, 0.1) is 0 Å². The molecule has 0 amide bonds. The Balaban J connectivity index is 0.000000387. The molecule has 2 atom stereocenters. The molecular weight excluding hydrogens is 771 g/mol. The lowest BCUT2D eigenvalue weighted by atomic mass is 9.79. The monoisotopic (exact) mass is 836 g/mol. The van der Waals surface area contributed by atoms with Gasteiger partial charge >= 0.3 is 0 Å². The molecule has 0 saturated carbocycles. The highest BCUT2D eigenvalue weighted by molar-refractivity contribution is 5.38. The summed E-state index contributed by atoms with van der Waals surface area (Å²) >= 11 is 0. The van der Waals surface area contributed by atoms with Gasteiger partial charge in [0, 0.05) is 24.0 Å². The van der Waals surface area contributed by atoms with Crippen molar-refractivity contribution in [2.75, 3.05) is 40.3 Å². The van der Waals surface area contributed by atoms with Crippen LogP contribution in [-0.2, 0) is 11.2 Å². The summed E-state index contributed by atoms with van der Waals surface area (Å²) in [4.78, 5) is 0. The van der Waals surface area contributed by atoms with E-state index >= 15 is 0 Å². The smallest absolute Gasteiger partial charge is 0.121 e. The van der Waals surface area contributed by atoms with E-state index in [-0.39, 0.29) is 42.4 Å². The fraction of sp³-hybridized carbons (Fsp3) is 0.308. The zero-order valence-electron chi connectivity index (χ0n) is 35.8. The van der Waals surface area contributed by atoms with E-state index in [4.69, 9.17) is 0 Å². The van der Waals surface area contributed by atoms with Gasteiger partial charge in [0.25, 0.3) is 0 Å². The molecule has 0 heterocycles. The van der Waals surface area contributed by atoms with Crippen molar-refractivity contribution in [3.8, 4) is 0 Å². The largest absolute Gasteiger partial charge is 1.00 e. The summed E-state index contributed by atoms with van der Waals surface area (Å²) in [5.74, 6) is 0. The predicted octanol–water partition coefficient (Wildman–Crippen LogP) is 4.26. The Morgan fingerprint density at radius 1 is 0.373 bits per heavy atom. The van der Waals surface area contributed by atoms with Gasteiger partial charge in [-0.3, -0.25) is 0 Å². The van der Waals surface area contributed by atoms with Gasteiger partial charge in [0.05, 0.1) is 40.3 Å². The second-order valence-corrected chi connectivity index (χ2v) is 15.7. The number of nitrogens with zero attached hydrogens (tertiary/aromatic N) is 2. The van der Waals surface area contributed by atoms with Crippen LogP contribution < -0.4 is 24.8 Å². The molecular formula is C52H66Cl2N2O3. The number of halogens is 2. The maximum atomic E-state index is 12.1. The Kier molecular flexibility index (Phi) is 20.2. The number of quaternary nitrogens is 2. The molecule has 0 saturated heterocycles. The summed E-state index contributed by atoms with van der Waals surface area (Å²) in [6, 6.07) is 62.1. The third kappa shape index (κ3) is 11.9. The Morgan fingerprint density at radius 3 is 0.746 bits per heavy atom.